The van der Waals surface area contributed by atoms with E-state index in [0.29, 0.717) is 18.3 Å². The van der Waals surface area contributed by atoms with Crippen LogP contribution in [0.4, 0.5) is 0 Å². The summed E-state index contributed by atoms with van der Waals surface area (Å²) in [6.45, 7) is 4.48. The predicted molar refractivity (Wildman–Crippen MR) is 56.5 cm³/mol. The molecule has 0 radical (unpaired) electrons. The summed E-state index contributed by atoms with van der Waals surface area (Å²) in [4.78, 5) is 0. The summed E-state index contributed by atoms with van der Waals surface area (Å²) in [5, 5.41) is 11.1. The summed E-state index contributed by atoms with van der Waals surface area (Å²) in [5.41, 5.74) is 0. The molecule has 1 aromatic rings. The van der Waals surface area contributed by atoms with Crippen molar-refractivity contribution in [3.63, 3.8) is 0 Å². The van der Waals surface area contributed by atoms with Crippen LogP contribution in [0.5, 0.6) is 0 Å². The van der Waals surface area contributed by atoms with Gasteiger partial charge in [-0.1, -0.05) is 6.92 Å². The van der Waals surface area contributed by atoms with E-state index in [2.05, 4.69) is 22.4 Å². The Morgan fingerprint density at radius 2 is 2.13 bits per heavy atom. The summed E-state index contributed by atoms with van der Waals surface area (Å²) in [5.74, 6) is 1.36. The first-order chi connectivity index (χ1) is 7.36. The van der Waals surface area contributed by atoms with Gasteiger partial charge < -0.3 is 14.5 Å². The normalized spacial score (nSPS) is 10.8. The Morgan fingerprint density at radius 1 is 1.33 bits per heavy atom. The molecule has 0 aliphatic heterocycles. The van der Waals surface area contributed by atoms with Crippen molar-refractivity contribution in [3.05, 3.63) is 11.8 Å². The second-order valence-corrected chi connectivity index (χ2v) is 3.36. The molecule has 15 heavy (non-hydrogen) atoms. The summed E-state index contributed by atoms with van der Waals surface area (Å²) >= 11 is 0. The van der Waals surface area contributed by atoms with E-state index < -0.39 is 0 Å². The van der Waals surface area contributed by atoms with Crippen LogP contribution < -0.4 is 5.32 Å². The molecule has 0 spiro atoms. The first-order valence-corrected chi connectivity index (χ1v) is 5.37. The molecule has 0 unspecified atom stereocenters. The van der Waals surface area contributed by atoms with Gasteiger partial charge in [0.2, 0.25) is 11.8 Å². The molecule has 1 aromatic heterocycles. The van der Waals surface area contributed by atoms with E-state index in [1.807, 2.05) is 0 Å². The SMILES string of the molecule is CCCNCc1nnc(CCCOC)o1. The Labute approximate surface area is 90.2 Å². The van der Waals surface area contributed by atoms with Crippen molar-refractivity contribution in [1.82, 2.24) is 15.5 Å². The van der Waals surface area contributed by atoms with Gasteiger partial charge in [0.1, 0.15) is 0 Å². The Hall–Kier alpha value is -0.940. The second-order valence-electron chi connectivity index (χ2n) is 3.36. The molecule has 0 atom stereocenters. The Balaban J connectivity index is 2.23. The third-order valence-corrected chi connectivity index (χ3v) is 1.95. The van der Waals surface area contributed by atoms with Crippen molar-refractivity contribution < 1.29 is 9.15 Å². The zero-order valence-corrected chi connectivity index (χ0v) is 9.45. The number of nitrogens with one attached hydrogen (secondary N) is 1. The summed E-state index contributed by atoms with van der Waals surface area (Å²) < 4.78 is 10.4. The maximum atomic E-state index is 5.44. The zero-order valence-electron chi connectivity index (χ0n) is 9.45. The number of ether oxygens (including phenoxy) is 1. The Bertz CT molecular complexity index is 238. The van der Waals surface area contributed by atoms with E-state index in [1.54, 1.807) is 7.11 Å². The lowest BCUT2D eigenvalue weighted by atomic mass is 10.3. The average Bonchev–Trinajstić information content (AvgIpc) is 2.67. The van der Waals surface area contributed by atoms with Crippen LogP contribution in [0.25, 0.3) is 0 Å². The minimum atomic E-state index is 0.658. The predicted octanol–water partition coefficient (Wildman–Crippen LogP) is 1.15. The first-order valence-electron chi connectivity index (χ1n) is 5.37. The number of nitrogens with zero attached hydrogens (tertiary/aromatic N) is 2. The fourth-order valence-corrected chi connectivity index (χ4v) is 1.20. The Morgan fingerprint density at radius 3 is 2.87 bits per heavy atom. The molecule has 5 heteroatoms. The molecule has 86 valence electrons. The van der Waals surface area contributed by atoms with Crippen LogP contribution >= 0.6 is 0 Å². The van der Waals surface area contributed by atoms with Gasteiger partial charge in [0, 0.05) is 20.1 Å². The standard InChI is InChI=1S/C10H19N3O2/c1-3-6-11-8-10-13-12-9(15-10)5-4-7-14-2/h11H,3-8H2,1-2H3. The van der Waals surface area contributed by atoms with Gasteiger partial charge in [0.25, 0.3) is 0 Å². The topological polar surface area (TPSA) is 60.2 Å². The smallest absolute Gasteiger partial charge is 0.230 e. The van der Waals surface area contributed by atoms with Crippen LogP contribution in [0.3, 0.4) is 0 Å². The molecule has 1 rings (SSSR count). The highest BCUT2D eigenvalue weighted by Gasteiger charge is 2.04. The monoisotopic (exact) mass is 213 g/mol. The quantitative estimate of drug-likeness (QED) is 0.656. The van der Waals surface area contributed by atoms with Gasteiger partial charge in [-0.2, -0.15) is 0 Å². The number of rotatable bonds is 8. The molecule has 0 fully saturated rings. The van der Waals surface area contributed by atoms with E-state index in [4.69, 9.17) is 9.15 Å². The number of hydrogen-bond acceptors (Lipinski definition) is 5. The van der Waals surface area contributed by atoms with Gasteiger partial charge >= 0.3 is 0 Å². The molecule has 0 aliphatic rings. The maximum Gasteiger partial charge on any atom is 0.230 e. The maximum absolute atomic E-state index is 5.44. The van der Waals surface area contributed by atoms with Crippen molar-refractivity contribution >= 4 is 0 Å². The molecular weight excluding hydrogens is 194 g/mol. The summed E-state index contributed by atoms with van der Waals surface area (Å²) in [7, 11) is 1.69. The lowest BCUT2D eigenvalue weighted by molar-refractivity contribution is 0.192. The minimum Gasteiger partial charge on any atom is -0.424 e. The number of aryl methyl sites for hydroxylation is 1. The minimum absolute atomic E-state index is 0.658. The first kappa shape index (κ1) is 12.1. The van der Waals surface area contributed by atoms with Crippen molar-refractivity contribution in [3.8, 4) is 0 Å². The van der Waals surface area contributed by atoms with Crippen LogP contribution in [-0.2, 0) is 17.7 Å². The van der Waals surface area contributed by atoms with Gasteiger partial charge in [-0.05, 0) is 19.4 Å². The zero-order chi connectivity index (χ0) is 10.9. The van der Waals surface area contributed by atoms with E-state index in [1.165, 1.54) is 0 Å². The molecule has 0 amide bonds. The van der Waals surface area contributed by atoms with E-state index >= 15 is 0 Å². The van der Waals surface area contributed by atoms with E-state index in [9.17, 15) is 0 Å². The van der Waals surface area contributed by atoms with E-state index in [0.717, 1.165) is 32.4 Å². The largest absolute Gasteiger partial charge is 0.424 e. The molecule has 0 bridgehead atoms. The Kier molecular flexibility index (Phi) is 5.96. The van der Waals surface area contributed by atoms with Crippen LogP contribution in [0.1, 0.15) is 31.5 Å². The van der Waals surface area contributed by atoms with Crippen molar-refractivity contribution in [2.24, 2.45) is 0 Å². The third-order valence-electron chi connectivity index (χ3n) is 1.95. The van der Waals surface area contributed by atoms with Gasteiger partial charge in [-0.25, -0.2) is 0 Å². The molecular formula is C10H19N3O2. The summed E-state index contributed by atoms with van der Waals surface area (Å²) in [6.07, 6.45) is 2.81. The number of hydrogen-bond donors (Lipinski definition) is 1. The summed E-state index contributed by atoms with van der Waals surface area (Å²) in [6, 6.07) is 0. The van der Waals surface area contributed by atoms with Crippen LogP contribution in [-0.4, -0.2) is 30.5 Å². The molecule has 1 heterocycles. The molecule has 0 aromatic carbocycles. The fraction of sp³-hybridized carbons (Fsp3) is 0.800. The molecule has 0 saturated carbocycles. The van der Waals surface area contributed by atoms with Gasteiger partial charge in [-0.15, -0.1) is 10.2 Å². The third kappa shape index (κ3) is 4.90. The highest BCUT2D eigenvalue weighted by Crippen LogP contribution is 2.02. The lowest BCUT2D eigenvalue weighted by Crippen LogP contribution is -2.13. The second kappa shape index (κ2) is 7.36. The average molecular weight is 213 g/mol. The van der Waals surface area contributed by atoms with Crippen LogP contribution in [0.2, 0.25) is 0 Å². The van der Waals surface area contributed by atoms with Crippen LogP contribution in [0.15, 0.2) is 4.42 Å². The molecule has 0 saturated heterocycles. The number of aromatic nitrogens is 2. The lowest BCUT2D eigenvalue weighted by Gasteiger charge is -1.97. The highest BCUT2D eigenvalue weighted by atomic mass is 16.5. The van der Waals surface area contributed by atoms with Crippen molar-refractivity contribution in [2.75, 3.05) is 20.3 Å². The van der Waals surface area contributed by atoms with Gasteiger partial charge in [0.05, 0.1) is 6.54 Å². The van der Waals surface area contributed by atoms with Crippen molar-refractivity contribution in [2.45, 2.75) is 32.7 Å². The van der Waals surface area contributed by atoms with Gasteiger partial charge in [-0.3, -0.25) is 0 Å². The number of methoxy groups -OCH3 is 1. The fourth-order valence-electron chi connectivity index (χ4n) is 1.20. The highest BCUT2D eigenvalue weighted by molar-refractivity contribution is 4.81. The van der Waals surface area contributed by atoms with Gasteiger partial charge in [0.15, 0.2) is 0 Å². The molecule has 5 nitrogen and oxygen atoms in total. The van der Waals surface area contributed by atoms with Crippen LogP contribution in [0, 0.1) is 0 Å². The van der Waals surface area contributed by atoms with Crippen molar-refractivity contribution in [1.29, 1.82) is 0 Å². The molecule has 1 N–H and O–H groups in total. The van der Waals surface area contributed by atoms with E-state index in [-0.39, 0.29) is 0 Å². The molecule has 0 aliphatic carbocycles.